The van der Waals surface area contributed by atoms with E-state index in [4.69, 9.17) is 9.84 Å². The number of alkyl carbamates (subject to hydrolysis) is 1. The van der Waals surface area contributed by atoms with Crippen molar-refractivity contribution >= 4 is 18.0 Å². The summed E-state index contributed by atoms with van der Waals surface area (Å²) >= 11 is 0. The molecule has 0 radical (unpaired) electrons. The first-order chi connectivity index (χ1) is 16.0. The lowest BCUT2D eigenvalue weighted by Crippen LogP contribution is -2.44. The molecule has 2 N–H and O–H groups in total. The second-order valence-electron chi connectivity index (χ2n) is 9.03. The number of nitrogens with zero attached hydrogens (tertiary/aromatic N) is 1. The van der Waals surface area contributed by atoms with Gasteiger partial charge in [-0.15, -0.1) is 0 Å². The fourth-order valence-corrected chi connectivity index (χ4v) is 4.84. The van der Waals surface area contributed by atoms with Crippen molar-refractivity contribution < 1.29 is 24.2 Å². The molecule has 7 nitrogen and oxygen atoms in total. The summed E-state index contributed by atoms with van der Waals surface area (Å²) in [4.78, 5) is 38.0. The predicted molar refractivity (Wildman–Crippen MR) is 122 cm³/mol. The predicted octanol–water partition coefficient (Wildman–Crippen LogP) is 3.69. The monoisotopic (exact) mass is 446 g/mol. The number of benzene rings is 2. The summed E-state index contributed by atoms with van der Waals surface area (Å²) in [5.41, 5.74) is 4.44. The summed E-state index contributed by atoms with van der Waals surface area (Å²) in [5.74, 6) is -1.02. The Labute approximate surface area is 192 Å². The lowest BCUT2D eigenvalue weighted by molar-refractivity contribution is -0.135. The number of hydrogen-bond acceptors (Lipinski definition) is 4. The van der Waals surface area contributed by atoms with Crippen LogP contribution in [0.5, 0.6) is 0 Å². The number of rotatable bonds is 6. The van der Waals surface area contributed by atoms with Crippen molar-refractivity contribution in [3.63, 3.8) is 0 Å². The number of fused-ring (bicyclic) bond motifs is 3. The number of carbonyl (C=O) groups excluding carboxylic acids is 2. The Hall–Kier alpha value is -3.61. The number of ether oxygens (including phenoxy) is 1. The van der Waals surface area contributed by atoms with Crippen LogP contribution in [0.3, 0.4) is 0 Å². The first-order valence-electron chi connectivity index (χ1n) is 11.3. The average Bonchev–Trinajstić information content (AvgIpc) is 3.49. The van der Waals surface area contributed by atoms with Gasteiger partial charge in [-0.3, -0.25) is 4.79 Å². The highest BCUT2D eigenvalue weighted by Gasteiger charge is 2.47. The van der Waals surface area contributed by atoms with Gasteiger partial charge in [0.2, 0.25) is 5.91 Å². The molecule has 0 aromatic heterocycles. The Morgan fingerprint density at radius 3 is 2.21 bits per heavy atom. The maximum atomic E-state index is 12.7. The summed E-state index contributed by atoms with van der Waals surface area (Å²) in [6.07, 6.45) is 3.08. The van der Waals surface area contributed by atoms with Gasteiger partial charge in [-0.25, -0.2) is 9.59 Å². The maximum Gasteiger partial charge on any atom is 0.407 e. The van der Waals surface area contributed by atoms with Gasteiger partial charge in [-0.05, 0) is 41.5 Å². The summed E-state index contributed by atoms with van der Waals surface area (Å²) in [6.45, 7) is 0.915. The topological polar surface area (TPSA) is 95.9 Å². The number of hydrogen-bond donors (Lipinski definition) is 2. The lowest BCUT2D eigenvalue weighted by atomic mass is 9.98. The van der Waals surface area contributed by atoms with Gasteiger partial charge in [0.1, 0.15) is 6.61 Å². The van der Waals surface area contributed by atoms with Gasteiger partial charge in [0.25, 0.3) is 0 Å². The fourth-order valence-electron chi connectivity index (χ4n) is 4.84. The van der Waals surface area contributed by atoms with E-state index in [0.717, 1.165) is 24.0 Å². The highest BCUT2D eigenvalue weighted by atomic mass is 16.5. The van der Waals surface area contributed by atoms with Gasteiger partial charge in [0.05, 0.1) is 12.0 Å². The molecule has 0 atom stereocenters. The zero-order chi connectivity index (χ0) is 23.0. The van der Waals surface area contributed by atoms with E-state index in [-0.39, 0.29) is 24.9 Å². The molecular weight excluding hydrogens is 420 g/mol. The Bertz CT molecular complexity index is 1110. The molecule has 0 spiro atoms. The van der Waals surface area contributed by atoms with E-state index in [0.29, 0.717) is 25.1 Å². The second-order valence-corrected chi connectivity index (χ2v) is 9.03. The van der Waals surface area contributed by atoms with Crippen LogP contribution in [0.4, 0.5) is 4.79 Å². The van der Waals surface area contributed by atoms with E-state index in [9.17, 15) is 14.4 Å². The molecule has 3 aliphatic rings. The van der Waals surface area contributed by atoms with Crippen molar-refractivity contribution in [2.24, 2.45) is 0 Å². The standard InChI is InChI=1S/C26H26N2O5/c29-23(28-13-9-17(10-14-28)24(30)31)15-26(11-12-26)27-25(32)33-16-22-20-7-3-1-5-18(20)19-6-2-4-8-21(19)22/h1-9,22H,10-16H2,(H,27,32)(H,30,31). The molecule has 33 heavy (non-hydrogen) atoms. The molecule has 2 aliphatic carbocycles. The van der Waals surface area contributed by atoms with Crippen molar-refractivity contribution in [1.82, 2.24) is 10.2 Å². The molecule has 2 amide bonds. The summed E-state index contributed by atoms with van der Waals surface area (Å²) in [6, 6.07) is 16.4. The molecule has 5 rings (SSSR count). The van der Waals surface area contributed by atoms with Crippen molar-refractivity contribution in [1.29, 1.82) is 0 Å². The van der Waals surface area contributed by atoms with E-state index in [1.54, 1.807) is 11.0 Å². The van der Waals surface area contributed by atoms with Crippen molar-refractivity contribution in [3.8, 4) is 11.1 Å². The molecule has 1 fully saturated rings. The van der Waals surface area contributed by atoms with Crippen LogP contribution in [0, 0.1) is 0 Å². The van der Waals surface area contributed by atoms with Crippen LogP contribution in [0.1, 0.15) is 42.7 Å². The van der Waals surface area contributed by atoms with Crippen molar-refractivity contribution in [3.05, 3.63) is 71.3 Å². The van der Waals surface area contributed by atoms with Crippen LogP contribution in [-0.4, -0.2) is 53.2 Å². The van der Waals surface area contributed by atoms with Gasteiger partial charge < -0.3 is 20.1 Å². The van der Waals surface area contributed by atoms with Gasteiger partial charge in [0.15, 0.2) is 0 Å². The molecule has 170 valence electrons. The molecule has 0 bridgehead atoms. The number of amides is 2. The van der Waals surface area contributed by atoms with Crippen molar-refractivity contribution in [2.45, 2.75) is 37.1 Å². The molecule has 2 aromatic carbocycles. The first kappa shape index (κ1) is 21.2. The first-order valence-corrected chi connectivity index (χ1v) is 11.3. The summed E-state index contributed by atoms with van der Waals surface area (Å²) in [5, 5.41) is 12.0. The van der Waals surface area contributed by atoms with E-state index < -0.39 is 17.6 Å². The van der Waals surface area contributed by atoms with Gasteiger partial charge in [0, 0.05) is 24.6 Å². The lowest BCUT2D eigenvalue weighted by Gasteiger charge is -2.27. The molecule has 1 aliphatic heterocycles. The number of carboxylic acids is 1. The maximum absolute atomic E-state index is 12.7. The molecule has 1 saturated carbocycles. The van der Waals surface area contributed by atoms with Crippen LogP contribution >= 0.6 is 0 Å². The van der Waals surface area contributed by atoms with Crippen LogP contribution in [-0.2, 0) is 14.3 Å². The molecular formula is C26H26N2O5. The largest absolute Gasteiger partial charge is 0.478 e. The smallest absolute Gasteiger partial charge is 0.407 e. The minimum atomic E-state index is -0.933. The number of carboxylic acid groups (broad SMARTS) is 1. The highest BCUT2D eigenvalue weighted by molar-refractivity contribution is 5.87. The Morgan fingerprint density at radius 2 is 1.67 bits per heavy atom. The Balaban J connectivity index is 1.18. The molecule has 0 unspecified atom stereocenters. The van der Waals surface area contributed by atoms with E-state index in [1.807, 2.05) is 24.3 Å². The van der Waals surface area contributed by atoms with Gasteiger partial charge in [-0.2, -0.15) is 0 Å². The van der Waals surface area contributed by atoms with Gasteiger partial charge in [-0.1, -0.05) is 54.6 Å². The van der Waals surface area contributed by atoms with E-state index >= 15 is 0 Å². The van der Waals surface area contributed by atoms with Crippen LogP contribution in [0.25, 0.3) is 11.1 Å². The highest BCUT2D eigenvalue weighted by Crippen LogP contribution is 2.44. The van der Waals surface area contributed by atoms with E-state index in [1.165, 1.54) is 11.1 Å². The van der Waals surface area contributed by atoms with Crippen LogP contribution in [0.15, 0.2) is 60.2 Å². The quantitative estimate of drug-likeness (QED) is 0.706. The Kier molecular flexibility index (Phi) is 5.40. The number of nitrogens with one attached hydrogen (secondary N) is 1. The minimum absolute atomic E-state index is 0.0106. The molecule has 1 heterocycles. The number of aliphatic carboxylic acids is 1. The van der Waals surface area contributed by atoms with E-state index in [2.05, 4.69) is 29.6 Å². The number of carbonyl (C=O) groups is 3. The van der Waals surface area contributed by atoms with Crippen molar-refractivity contribution in [2.75, 3.05) is 19.7 Å². The summed E-state index contributed by atoms with van der Waals surface area (Å²) < 4.78 is 5.63. The third-order valence-corrected chi connectivity index (χ3v) is 6.89. The molecule has 2 aromatic rings. The minimum Gasteiger partial charge on any atom is -0.478 e. The van der Waals surface area contributed by atoms with Crippen LogP contribution < -0.4 is 5.32 Å². The van der Waals surface area contributed by atoms with Gasteiger partial charge >= 0.3 is 12.1 Å². The van der Waals surface area contributed by atoms with Crippen LogP contribution in [0.2, 0.25) is 0 Å². The molecule has 0 saturated heterocycles. The normalized spacial score (nSPS) is 18.1. The molecule has 7 heteroatoms. The zero-order valence-corrected chi connectivity index (χ0v) is 18.3. The Morgan fingerprint density at radius 1 is 1.03 bits per heavy atom. The third kappa shape index (κ3) is 4.23. The fraction of sp³-hybridized carbons (Fsp3) is 0.346. The zero-order valence-electron chi connectivity index (χ0n) is 18.3. The summed E-state index contributed by atoms with van der Waals surface area (Å²) in [7, 11) is 0. The third-order valence-electron chi connectivity index (χ3n) is 6.89. The average molecular weight is 447 g/mol. The SMILES string of the molecule is O=C(NC1(CC(=O)N2CC=C(C(=O)O)CC2)CC1)OCC1c2ccccc2-c2ccccc21. The second kappa shape index (κ2) is 8.39.